The van der Waals surface area contributed by atoms with Gasteiger partial charge in [0.05, 0.1) is 25.7 Å². The molecule has 0 aromatic carbocycles. The molecular weight excluding hydrogens is 436 g/mol. The van der Waals surface area contributed by atoms with Crippen molar-refractivity contribution in [3.63, 3.8) is 0 Å². The Kier molecular flexibility index (Phi) is 8.68. The second kappa shape index (κ2) is 11.3. The zero-order valence-electron chi connectivity index (χ0n) is 20.7. The highest BCUT2D eigenvalue weighted by Gasteiger charge is 2.72. The summed E-state index contributed by atoms with van der Waals surface area (Å²) < 4.78 is 28.3. The molecule has 3 fully saturated rings. The van der Waals surface area contributed by atoms with Crippen LogP contribution in [0, 0.1) is 5.92 Å². The van der Waals surface area contributed by atoms with Crippen LogP contribution >= 0.6 is 0 Å². The molecular formula is C27H36O7. The van der Waals surface area contributed by atoms with Gasteiger partial charge in [0.2, 0.25) is 0 Å². The van der Waals surface area contributed by atoms with Gasteiger partial charge in [-0.2, -0.15) is 0 Å². The summed E-state index contributed by atoms with van der Waals surface area (Å²) in [4.78, 5) is 23.4. The predicted molar refractivity (Wildman–Crippen MR) is 128 cm³/mol. The van der Waals surface area contributed by atoms with Crippen molar-refractivity contribution in [2.75, 3.05) is 20.8 Å². The molecule has 6 atom stereocenters. The molecule has 3 rings (SSSR count). The third kappa shape index (κ3) is 6.34. The van der Waals surface area contributed by atoms with E-state index in [2.05, 4.69) is 31.6 Å². The van der Waals surface area contributed by atoms with Gasteiger partial charge in [-0.3, -0.25) is 0 Å². The van der Waals surface area contributed by atoms with Gasteiger partial charge in [0.25, 0.3) is 0 Å². The molecule has 186 valence electrons. The van der Waals surface area contributed by atoms with Gasteiger partial charge in [-0.25, -0.2) is 9.59 Å². The maximum absolute atomic E-state index is 12.5. The van der Waals surface area contributed by atoms with Crippen molar-refractivity contribution < 1.29 is 33.3 Å². The SMILES string of the molecule is COC(=O)/C=C/C=C/C=C/C=C/C(=O)O[C@@H]1CC[C@]2(CO2)[C@@H]([C@@]2(C)O[C@@H]2CC=C(C)C)[C@@H]1OC. The lowest BCUT2D eigenvalue weighted by atomic mass is 9.68. The highest BCUT2D eigenvalue weighted by molar-refractivity contribution is 5.82. The summed E-state index contributed by atoms with van der Waals surface area (Å²) in [6.07, 6.45) is 16.8. The van der Waals surface area contributed by atoms with E-state index in [0.29, 0.717) is 13.0 Å². The fourth-order valence-electron chi connectivity index (χ4n) is 4.85. The van der Waals surface area contributed by atoms with Crippen LogP contribution in [-0.4, -0.2) is 62.3 Å². The highest BCUT2D eigenvalue weighted by Crippen LogP contribution is 2.59. The van der Waals surface area contributed by atoms with Crippen molar-refractivity contribution in [2.45, 2.75) is 69.5 Å². The van der Waals surface area contributed by atoms with Crippen LogP contribution in [0.4, 0.5) is 0 Å². The Morgan fingerprint density at radius 1 is 1.00 bits per heavy atom. The average molecular weight is 473 g/mol. The van der Waals surface area contributed by atoms with Gasteiger partial charge < -0.3 is 23.7 Å². The number of carbonyl (C=O) groups excluding carboxylic acids is 2. The van der Waals surface area contributed by atoms with E-state index in [0.717, 1.165) is 12.8 Å². The summed E-state index contributed by atoms with van der Waals surface area (Å²) >= 11 is 0. The lowest BCUT2D eigenvalue weighted by Crippen LogP contribution is -2.55. The monoisotopic (exact) mass is 472 g/mol. The number of epoxide rings is 2. The number of esters is 2. The first-order valence-corrected chi connectivity index (χ1v) is 11.7. The van der Waals surface area contributed by atoms with E-state index in [9.17, 15) is 9.59 Å². The molecule has 7 nitrogen and oxygen atoms in total. The molecule has 1 spiro atoms. The predicted octanol–water partition coefficient (Wildman–Crippen LogP) is 4.00. The molecule has 0 radical (unpaired) electrons. The van der Waals surface area contributed by atoms with E-state index in [1.807, 2.05) is 0 Å². The minimum absolute atomic E-state index is 0.000769. The lowest BCUT2D eigenvalue weighted by molar-refractivity contribution is -0.166. The van der Waals surface area contributed by atoms with Crippen molar-refractivity contribution in [1.29, 1.82) is 0 Å². The van der Waals surface area contributed by atoms with E-state index in [-0.39, 0.29) is 35.4 Å². The van der Waals surface area contributed by atoms with Crippen molar-refractivity contribution in [3.05, 3.63) is 60.3 Å². The lowest BCUT2D eigenvalue weighted by Gasteiger charge is -2.42. The maximum atomic E-state index is 12.5. The first-order valence-electron chi connectivity index (χ1n) is 11.7. The Balaban J connectivity index is 1.57. The van der Waals surface area contributed by atoms with Crippen molar-refractivity contribution >= 4 is 11.9 Å². The van der Waals surface area contributed by atoms with Crippen LogP contribution in [0.5, 0.6) is 0 Å². The first kappa shape index (κ1) is 26.1. The largest absolute Gasteiger partial charge is 0.466 e. The highest BCUT2D eigenvalue weighted by atomic mass is 16.6. The van der Waals surface area contributed by atoms with Crippen LogP contribution in [0.2, 0.25) is 0 Å². The van der Waals surface area contributed by atoms with E-state index in [1.54, 1.807) is 43.6 Å². The van der Waals surface area contributed by atoms with Crippen molar-refractivity contribution in [1.82, 2.24) is 0 Å². The first-order chi connectivity index (χ1) is 16.3. The molecule has 1 saturated carbocycles. The fraction of sp³-hybridized carbons (Fsp3) is 0.556. The van der Waals surface area contributed by atoms with Gasteiger partial charge >= 0.3 is 11.9 Å². The van der Waals surface area contributed by atoms with Gasteiger partial charge in [0.1, 0.15) is 23.4 Å². The summed E-state index contributed by atoms with van der Waals surface area (Å²) in [5.74, 6) is -0.833. The van der Waals surface area contributed by atoms with Crippen molar-refractivity contribution in [3.8, 4) is 0 Å². The van der Waals surface area contributed by atoms with Gasteiger partial charge in [0, 0.05) is 19.3 Å². The van der Waals surface area contributed by atoms with Crippen LogP contribution in [0.3, 0.4) is 0 Å². The molecule has 0 N–H and O–H groups in total. The standard InChI is InChI=1S/C27H36O7/c1-19(2)14-15-21-26(3,34-21)25-24(31-5)20(16-17-27(25)18-32-27)33-23(29)13-11-9-7-6-8-10-12-22(28)30-4/h6-14,20-21,24-25H,15-18H2,1-5H3/b8-6+,9-7+,12-10+,13-11+/t20-,21-,24-,25-,26+,27+/m1/s1. The molecule has 34 heavy (non-hydrogen) atoms. The second-order valence-electron chi connectivity index (χ2n) is 9.36. The Morgan fingerprint density at radius 3 is 2.18 bits per heavy atom. The van der Waals surface area contributed by atoms with Gasteiger partial charge in [-0.15, -0.1) is 0 Å². The van der Waals surface area contributed by atoms with Crippen LogP contribution in [-0.2, 0) is 33.3 Å². The van der Waals surface area contributed by atoms with E-state index in [1.165, 1.54) is 24.8 Å². The Labute approximate surface area is 202 Å². The summed E-state index contributed by atoms with van der Waals surface area (Å²) in [6, 6.07) is 0. The summed E-state index contributed by atoms with van der Waals surface area (Å²) in [6.45, 7) is 6.99. The smallest absolute Gasteiger partial charge is 0.331 e. The number of hydrogen-bond donors (Lipinski definition) is 0. The Morgan fingerprint density at radius 2 is 1.62 bits per heavy atom. The number of allylic oxidation sites excluding steroid dienone is 7. The normalized spacial score (nSPS) is 34.9. The molecule has 2 heterocycles. The number of carbonyl (C=O) groups is 2. The molecule has 0 bridgehead atoms. The van der Waals surface area contributed by atoms with Gasteiger partial charge in [0.15, 0.2) is 0 Å². The van der Waals surface area contributed by atoms with Crippen LogP contribution in [0.1, 0.15) is 40.0 Å². The van der Waals surface area contributed by atoms with Crippen LogP contribution < -0.4 is 0 Å². The molecule has 0 amide bonds. The van der Waals surface area contributed by atoms with E-state index in [4.69, 9.17) is 18.9 Å². The number of rotatable bonds is 10. The van der Waals surface area contributed by atoms with Gasteiger partial charge in [-0.05, 0) is 40.0 Å². The molecule has 7 heteroatoms. The molecule has 3 aliphatic rings. The summed E-state index contributed by atoms with van der Waals surface area (Å²) in [7, 11) is 2.99. The van der Waals surface area contributed by atoms with Crippen molar-refractivity contribution in [2.24, 2.45) is 5.92 Å². The fourth-order valence-corrected chi connectivity index (χ4v) is 4.85. The topological polar surface area (TPSA) is 86.9 Å². The number of ether oxygens (including phenoxy) is 5. The molecule has 0 unspecified atom stereocenters. The van der Waals surface area contributed by atoms with Crippen LogP contribution in [0.15, 0.2) is 60.3 Å². The quantitative estimate of drug-likeness (QED) is 0.156. The molecule has 0 aromatic rings. The Bertz CT molecular complexity index is 889. The zero-order valence-corrected chi connectivity index (χ0v) is 20.7. The maximum Gasteiger partial charge on any atom is 0.331 e. The molecule has 2 saturated heterocycles. The zero-order chi connectivity index (χ0) is 24.8. The molecule has 0 aromatic heterocycles. The molecule has 2 aliphatic heterocycles. The van der Waals surface area contributed by atoms with Gasteiger partial charge in [-0.1, -0.05) is 48.1 Å². The third-order valence-corrected chi connectivity index (χ3v) is 6.73. The summed E-state index contributed by atoms with van der Waals surface area (Å²) in [5.41, 5.74) is 0.662. The van der Waals surface area contributed by atoms with E-state index >= 15 is 0 Å². The second-order valence-corrected chi connectivity index (χ2v) is 9.36. The number of methoxy groups -OCH3 is 2. The van der Waals surface area contributed by atoms with Crippen LogP contribution in [0.25, 0.3) is 0 Å². The summed E-state index contributed by atoms with van der Waals surface area (Å²) in [5, 5.41) is 0. The molecule has 1 aliphatic carbocycles. The number of hydrogen-bond acceptors (Lipinski definition) is 7. The minimum atomic E-state index is -0.416. The Hall–Kier alpha value is -2.48. The third-order valence-electron chi connectivity index (χ3n) is 6.73. The van der Waals surface area contributed by atoms with E-state index < -0.39 is 11.9 Å². The average Bonchev–Trinajstić information content (AvgIpc) is 3.72. The minimum Gasteiger partial charge on any atom is -0.466 e.